The third-order valence-electron chi connectivity index (χ3n) is 1.48. The van der Waals surface area contributed by atoms with E-state index >= 15 is 0 Å². The van der Waals surface area contributed by atoms with Crippen LogP contribution in [0.5, 0.6) is 0 Å². The van der Waals surface area contributed by atoms with E-state index in [-0.39, 0.29) is 24.2 Å². The summed E-state index contributed by atoms with van der Waals surface area (Å²) in [6, 6.07) is 0. The SMILES string of the molecule is C[N+](C)(CCOS(=O)(=O)F)CC(=O)O. The third kappa shape index (κ3) is 7.90. The lowest BCUT2D eigenvalue weighted by atomic mass is 10.4. The van der Waals surface area contributed by atoms with Crippen molar-refractivity contribution in [3.63, 3.8) is 0 Å². The van der Waals surface area contributed by atoms with Crippen LogP contribution in [0.4, 0.5) is 3.89 Å². The van der Waals surface area contributed by atoms with Gasteiger partial charge < -0.3 is 9.59 Å². The van der Waals surface area contributed by atoms with Gasteiger partial charge in [-0.15, -0.1) is 0 Å². The van der Waals surface area contributed by atoms with Crippen LogP contribution in [0.2, 0.25) is 0 Å². The summed E-state index contributed by atoms with van der Waals surface area (Å²) in [6.45, 7) is -0.468. The van der Waals surface area contributed by atoms with E-state index < -0.39 is 16.5 Å². The lowest BCUT2D eigenvalue weighted by Gasteiger charge is -2.26. The summed E-state index contributed by atoms with van der Waals surface area (Å²) >= 11 is 0. The molecule has 0 aromatic carbocycles. The number of quaternary nitrogens is 1. The Labute approximate surface area is 81.9 Å². The van der Waals surface area contributed by atoms with Crippen molar-refractivity contribution in [2.75, 3.05) is 33.8 Å². The molecule has 0 saturated carbocycles. The van der Waals surface area contributed by atoms with Gasteiger partial charge in [-0.3, -0.25) is 0 Å². The Hall–Kier alpha value is -0.730. The normalized spacial score (nSPS) is 12.8. The van der Waals surface area contributed by atoms with Gasteiger partial charge in [0.05, 0.1) is 14.1 Å². The zero-order valence-electron chi connectivity index (χ0n) is 7.93. The Kier molecular flexibility index (Phi) is 4.43. The van der Waals surface area contributed by atoms with E-state index in [2.05, 4.69) is 4.18 Å². The Bertz CT molecular complexity index is 299. The molecule has 6 nitrogen and oxygen atoms in total. The van der Waals surface area contributed by atoms with Crippen LogP contribution in [0.15, 0.2) is 0 Å². The topological polar surface area (TPSA) is 80.7 Å². The second-order valence-electron chi connectivity index (χ2n) is 3.43. The van der Waals surface area contributed by atoms with Gasteiger partial charge in [0.25, 0.3) is 0 Å². The number of hydrogen-bond acceptors (Lipinski definition) is 4. The highest BCUT2D eigenvalue weighted by atomic mass is 32.3. The average Bonchev–Trinajstić information content (AvgIpc) is 1.78. The van der Waals surface area contributed by atoms with E-state index in [1.807, 2.05) is 0 Å². The maximum absolute atomic E-state index is 11.9. The number of carboxylic acid groups (broad SMARTS) is 1. The van der Waals surface area contributed by atoms with Crippen LogP contribution < -0.4 is 0 Å². The van der Waals surface area contributed by atoms with Gasteiger partial charge in [-0.1, -0.05) is 3.89 Å². The Morgan fingerprint density at radius 3 is 2.36 bits per heavy atom. The summed E-state index contributed by atoms with van der Waals surface area (Å²) in [5.74, 6) is -1.02. The van der Waals surface area contributed by atoms with Crippen LogP contribution in [0.3, 0.4) is 0 Å². The Morgan fingerprint density at radius 1 is 1.50 bits per heavy atom. The molecular weight excluding hydrogens is 217 g/mol. The van der Waals surface area contributed by atoms with Gasteiger partial charge >= 0.3 is 16.5 Å². The van der Waals surface area contributed by atoms with E-state index in [1.54, 1.807) is 14.1 Å². The van der Waals surface area contributed by atoms with E-state index in [1.165, 1.54) is 0 Å². The highest BCUT2D eigenvalue weighted by molar-refractivity contribution is 7.81. The van der Waals surface area contributed by atoms with E-state index in [0.29, 0.717) is 0 Å². The molecule has 1 N–H and O–H groups in total. The standard InChI is InChI=1S/C6H12FNO5S/c1-8(2,5-6(9)10)3-4-13-14(7,11)12/h3-5H2,1-2H3/p+1. The smallest absolute Gasteiger partial charge is 0.437 e. The van der Waals surface area contributed by atoms with Crippen LogP contribution in [-0.2, 0) is 19.5 Å². The van der Waals surface area contributed by atoms with Crippen LogP contribution in [-0.4, -0.2) is 57.8 Å². The number of halogens is 1. The van der Waals surface area contributed by atoms with Gasteiger partial charge in [0.1, 0.15) is 13.2 Å². The summed E-state index contributed by atoms with van der Waals surface area (Å²) in [7, 11) is -1.79. The number of aliphatic carboxylic acids is 1. The summed E-state index contributed by atoms with van der Waals surface area (Å²) < 4.78 is 35.6. The number of nitrogens with zero attached hydrogens (tertiary/aromatic N) is 1. The van der Waals surface area contributed by atoms with Gasteiger partial charge in [0.2, 0.25) is 0 Å². The third-order valence-corrected chi connectivity index (χ3v) is 1.93. The van der Waals surface area contributed by atoms with Crippen molar-refractivity contribution in [3.8, 4) is 0 Å². The van der Waals surface area contributed by atoms with E-state index in [0.717, 1.165) is 0 Å². The maximum atomic E-state index is 11.9. The molecule has 0 amide bonds. The molecule has 0 aliphatic rings. The quantitative estimate of drug-likeness (QED) is 0.486. The van der Waals surface area contributed by atoms with E-state index in [9.17, 15) is 17.1 Å². The molecule has 0 bridgehead atoms. The first-order chi connectivity index (χ1) is 6.12. The number of carbonyl (C=O) groups is 1. The molecule has 0 rings (SSSR count). The van der Waals surface area contributed by atoms with Gasteiger partial charge in [-0.2, -0.15) is 8.42 Å². The molecule has 0 aliphatic carbocycles. The number of likely N-dealkylation sites (N-methyl/N-ethyl adjacent to an activating group) is 1. The van der Waals surface area contributed by atoms with Crippen molar-refractivity contribution >= 4 is 16.5 Å². The number of hydrogen-bond donors (Lipinski definition) is 1. The molecule has 0 heterocycles. The van der Waals surface area contributed by atoms with Crippen LogP contribution in [0.1, 0.15) is 0 Å². The largest absolute Gasteiger partial charge is 0.477 e. The summed E-state index contributed by atoms with van der Waals surface area (Å²) in [5.41, 5.74) is 0. The summed E-state index contributed by atoms with van der Waals surface area (Å²) in [6.07, 6.45) is 0. The molecule has 0 fully saturated rings. The first-order valence-electron chi connectivity index (χ1n) is 3.75. The van der Waals surface area contributed by atoms with Crippen molar-refractivity contribution in [1.29, 1.82) is 0 Å². The summed E-state index contributed by atoms with van der Waals surface area (Å²) in [4.78, 5) is 10.3. The molecule has 0 radical (unpaired) electrons. The molecule has 0 spiro atoms. The zero-order valence-corrected chi connectivity index (χ0v) is 8.75. The van der Waals surface area contributed by atoms with Gasteiger partial charge in [-0.25, -0.2) is 8.98 Å². The number of rotatable bonds is 6. The second kappa shape index (κ2) is 4.67. The molecule has 0 saturated heterocycles. The van der Waals surface area contributed by atoms with Gasteiger partial charge in [0, 0.05) is 0 Å². The van der Waals surface area contributed by atoms with Crippen molar-refractivity contribution in [2.24, 2.45) is 0 Å². The lowest BCUT2D eigenvalue weighted by Crippen LogP contribution is -2.46. The van der Waals surface area contributed by atoms with Crippen molar-refractivity contribution in [3.05, 3.63) is 0 Å². The minimum Gasteiger partial charge on any atom is -0.477 e. The van der Waals surface area contributed by atoms with Crippen molar-refractivity contribution < 1.29 is 30.9 Å². The van der Waals surface area contributed by atoms with Gasteiger partial charge in [0.15, 0.2) is 6.54 Å². The van der Waals surface area contributed by atoms with Gasteiger partial charge in [-0.05, 0) is 0 Å². The first-order valence-corrected chi connectivity index (χ1v) is 5.06. The molecule has 0 aromatic rings. The minimum absolute atomic E-state index is 0.0187. The molecule has 0 aromatic heterocycles. The van der Waals surface area contributed by atoms with Crippen molar-refractivity contribution in [1.82, 2.24) is 0 Å². The predicted molar refractivity (Wildman–Crippen MR) is 45.5 cm³/mol. The fourth-order valence-electron chi connectivity index (χ4n) is 0.829. The Morgan fingerprint density at radius 2 is 2.00 bits per heavy atom. The second-order valence-corrected chi connectivity index (χ2v) is 4.45. The highest BCUT2D eigenvalue weighted by Crippen LogP contribution is 1.99. The molecular formula is C6H13FNO5S+. The Balaban J connectivity index is 3.94. The molecule has 0 aliphatic heterocycles. The summed E-state index contributed by atoms with van der Waals surface area (Å²) in [5, 5.41) is 8.46. The fourth-order valence-corrected chi connectivity index (χ4v) is 1.10. The molecule has 8 heteroatoms. The molecule has 0 unspecified atom stereocenters. The van der Waals surface area contributed by atoms with E-state index in [4.69, 9.17) is 5.11 Å². The molecule has 84 valence electrons. The highest BCUT2D eigenvalue weighted by Gasteiger charge is 2.20. The molecule has 0 atom stereocenters. The molecule has 14 heavy (non-hydrogen) atoms. The number of carboxylic acids is 1. The zero-order chi connectivity index (χ0) is 11.4. The first kappa shape index (κ1) is 13.3. The van der Waals surface area contributed by atoms with Crippen molar-refractivity contribution in [2.45, 2.75) is 0 Å². The lowest BCUT2D eigenvalue weighted by molar-refractivity contribution is -0.883. The van der Waals surface area contributed by atoms with Crippen LogP contribution >= 0.6 is 0 Å². The fraction of sp³-hybridized carbons (Fsp3) is 0.833. The maximum Gasteiger partial charge on any atom is 0.437 e. The predicted octanol–water partition coefficient (Wildman–Crippen LogP) is -0.622. The minimum atomic E-state index is -4.93. The van der Waals surface area contributed by atoms with Crippen LogP contribution in [0, 0.1) is 0 Å². The average molecular weight is 230 g/mol. The van der Waals surface area contributed by atoms with Crippen LogP contribution in [0.25, 0.3) is 0 Å². The monoisotopic (exact) mass is 230 g/mol.